The minimum absolute atomic E-state index is 0.204. The van der Waals surface area contributed by atoms with Crippen molar-refractivity contribution in [3.05, 3.63) is 0 Å². The van der Waals surface area contributed by atoms with Gasteiger partial charge in [0.2, 0.25) is 0 Å². The Bertz CT molecular complexity index is 250. The van der Waals surface area contributed by atoms with Crippen LogP contribution in [0.25, 0.3) is 0 Å². The molecule has 0 bridgehead atoms. The first kappa shape index (κ1) is 12.3. The summed E-state index contributed by atoms with van der Waals surface area (Å²) in [4.78, 5) is 0. The van der Waals surface area contributed by atoms with Crippen molar-refractivity contribution < 1.29 is 9.47 Å². The lowest BCUT2D eigenvalue weighted by atomic mass is 9.89. The van der Waals surface area contributed by atoms with Crippen molar-refractivity contribution >= 4 is 11.8 Å². The van der Waals surface area contributed by atoms with Crippen LogP contribution in [0.5, 0.6) is 0 Å². The van der Waals surface area contributed by atoms with E-state index in [-0.39, 0.29) is 5.60 Å². The summed E-state index contributed by atoms with van der Waals surface area (Å²) in [5.41, 5.74) is 0.204. The van der Waals surface area contributed by atoms with Crippen LogP contribution in [0.1, 0.15) is 32.1 Å². The number of nitrogens with one attached hydrogen (secondary N) is 1. The van der Waals surface area contributed by atoms with Gasteiger partial charge in [-0.15, -0.1) is 0 Å². The van der Waals surface area contributed by atoms with Gasteiger partial charge in [0.1, 0.15) is 0 Å². The highest BCUT2D eigenvalue weighted by molar-refractivity contribution is 7.99. The van der Waals surface area contributed by atoms with Crippen molar-refractivity contribution in [1.82, 2.24) is 5.32 Å². The predicted octanol–water partition coefficient (Wildman–Crippen LogP) is 1.81. The molecule has 3 rings (SSSR count). The van der Waals surface area contributed by atoms with E-state index in [9.17, 15) is 0 Å². The Labute approximate surface area is 108 Å². The highest BCUT2D eigenvalue weighted by Gasteiger charge is 2.40. The summed E-state index contributed by atoms with van der Waals surface area (Å²) in [5.74, 6) is 2.48. The molecule has 3 unspecified atom stereocenters. The zero-order valence-electron chi connectivity index (χ0n) is 10.5. The Morgan fingerprint density at radius 3 is 2.94 bits per heavy atom. The molecule has 0 aromatic carbocycles. The second kappa shape index (κ2) is 5.47. The first-order chi connectivity index (χ1) is 8.36. The summed E-state index contributed by atoms with van der Waals surface area (Å²) >= 11 is 2.05. The molecule has 0 saturated carbocycles. The van der Waals surface area contributed by atoms with E-state index in [1.165, 1.54) is 43.6 Å². The summed E-state index contributed by atoms with van der Waals surface area (Å²) in [6.07, 6.45) is 6.11. The Balaban J connectivity index is 1.52. The standard InChI is InChI=1S/C13H23NO2S/c1-2-12(9-15-5-1)14-11-3-6-16-13(8-11)4-7-17-10-13/h11-12,14H,1-10H2. The van der Waals surface area contributed by atoms with Crippen molar-refractivity contribution in [2.75, 3.05) is 31.3 Å². The molecule has 1 N–H and O–H groups in total. The lowest BCUT2D eigenvalue weighted by molar-refractivity contribution is -0.0736. The zero-order valence-corrected chi connectivity index (χ0v) is 11.3. The minimum atomic E-state index is 0.204. The molecule has 3 atom stereocenters. The van der Waals surface area contributed by atoms with Crippen LogP contribution in [-0.2, 0) is 9.47 Å². The van der Waals surface area contributed by atoms with Gasteiger partial charge in [-0.2, -0.15) is 11.8 Å². The van der Waals surface area contributed by atoms with Crippen molar-refractivity contribution in [3.8, 4) is 0 Å². The molecule has 3 fully saturated rings. The van der Waals surface area contributed by atoms with Crippen LogP contribution in [0.4, 0.5) is 0 Å². The normalized spacial score (nSPS) is 43.1. The molecule has 4 heteroatoms. The van der Waals surface area contributed by atoms with Gasteiger partial charge in [0, 0.05) is 31.1 Å². The Morgan fingerprint density at radius 2 is 2.18 bits per heavy atom. The number of hydrogen-bond donors (Lipinski definition) is 1. The topological polar surface area (TPSA) is 30.5 Å². The van der Waals surface area contributed by atoms with Crippen LogP contribution in [0.2, 0.25) is 0 Å². The van der Waals surface area contributed by atoms with Crippen LogP contribution < -0.4 is 5.32 Å². The van der Waals surface area contributed by atoms with Crippen molar-refractivity contribution in [1.29, 1.82) is 0 Å². The first-order valence-corrected chi connectivity index (χ1v) is 8.07. The molecule has 3 heterocycles. The second-order valence-electron chi connectivity index (χ2n) is 5.60. The van der Waals surface area contributed by atoms with Gasteiger partial charge >= 0.3 is 0 Å². The van der Waals surface area contributed by atoms with Gasteiger partial charge in [-0.05, 0) is 37.9 Å². The molecule has 0 aliphatic carbocycles. The molecule has 3 aliphatic heterocycles. The summed E-state index contributed by atoms with van der Waals surface area (Å²) in [5, 5.41) is 3.79. The third-order valence-electron chi connectivity index (χ3n) is 4.19. The maximum atomic E-state index is 6.05. The Morgan fingerprint density at radius 1 is 1.18 bits per heavy atom. The van der Waals surface area contributed by atoms with Gasteiger partial charge < -0.3 is 14.8 Å². The summed E-state index contributed by atoms with van der Waals surface area (Å²) < 4.78 is 11.6. The molecule has 0 aromatic heterocycles. The first-order valence-electron chi connectivity index (χ1n) is 6.92. The average molecular weight is 257 g/mol. The SMILES string of the molecule is C1COCC(NC2CCOC3(CCSC3)C2)C1. The summed E-state index contributed by atoms with van der Waals surface area (Å²) in [6.45, 7) is 2.79. The van der Waals surface area contributed by atoms with Gasteiger partial charge in [0.15, 0.2) is 0 Å². The number of thioether (sulfide) groups is 1. The summed E-state index contributed by atoms with van der Waals surface area (Å²) in [6, 6.07) is 1.23. The third kappa shape index (κ3) is 2.98. The molecule has 17 heavy (non-hydrogen) atoms. The molecule has 3 nitrogen and oxygen atoms in total. The molecule has 0 radical (unpaired) electrons. The Hall–Kier alpha value is 0.230. The van der Waals surface area contributed by atoms with Crippen LogP contribution in [0, 0.1) is 0 Å². The van der Waals surface area contributed by atoms with Crippen LogP contribution in [0.15, 0.2) is 0 Å². The van der Waals surface area contributed by atoms with E-state index in [1.807, 2.05) is 0 Å². The molecule has 0 aromatic rings. The number of hydrogen-bond acceptors (Lipinski definition) is 4. The molecule has 0 amide bonds. The third-order valence-corrected chi connectivity index (χ3v) is 5.41. The van der Waals surface area contributed by atoms with Gasteiger partial charge in [-0.1, -0.05) is 0 Å². The molecule has 1 spiro atoms. The quantitative estimate of drug-likeness (QED) is 0.817. The van der Waals surface area contributed by atoms with E-state index in [1.54, 1.807) is 0 Å². The van der Waals surface area contributed by atoms with E-state index >= 15 is 0 Å². The molecule has 3 saturated heterocycles. The predicted molar refractivity (Wildman–Crippen MR) is 70.6 cm³/mol. The van der Waals surface area contributed by atoms with E-state index in [0.717, 1.165) is 19.8 Å². The van der Waals surface area contributed by atoms with Crippen molar-refractivity contribution in [2.45, 2.75) is 49.8 Å². The monoisotopic (exact) mass is 257 g/mol. The fourth-order valence-corrected chi connectivity index (χ4v) is 4.62. The second-order valence-corrected chi connectivity index (χ2v) is 6.71. The van der Waals surface area contributed by atoms with Gasteiger partial charge in [-0.25, -0.2) is 0 Å². The maximum absolute atomic E-state index is 6.05. The molecular formula is C13H23NO2S. The largest absolute Gasteiger partial charge is 0.380 e. The molecular weight excluding hydrogens is 234 g/mol. The van der Waals surface area contributed by atoms with Crippen LogP contribution >= 0.6 is 11.8 Å². The van der Waals surface area contributed by atoms with E-state index in [4.69, 9.17) is 9.47 Å². The molecule has 3 aliphatic rings. The Kier molecular flexibility index (Phi) is 3.95. The fraction of sp³-hybridized carbons (Fsp3) is 1.00. The van der Waals surface area contributed by atoms with Crippen molar-refractivity contribution in [3.63, 3.8) is 0 Å². The zero-order chi connectivity index (χ0) is 11.6. The van der Waals surface area contributed by atoms with Crippen molar-refractivity contribution in [2.24, 2.45) is 0 Å². The summed E-state index contributed by atoms with van der Waals surface area (Å²) in [7, 11) is 0. The van der Waals surface area contributed by atoms with Gasteiger partial charge in [0.25, 0.3) is 0 Å². The molecule has 98 valence electrons. The highest BCUT2D eigenvalue weighted by Crippen LogP contribution is 2.38. The number of rotatable bonds is 2. The van der Waals surface area contributed by atoms with E-state index < -0.39 is 0 Å². The van der Waals surface area contributed by atoms with Gasteiger partial charge in [-0.3, -0.25) is 0 Å². The van der Waals surface area contributed by atoms with Crippen LogP contribution in [0.3, 0.4) is 0 Å². The highest BCUT2D eigenvalue weighted by atomic mass is 32.2. The van der Waals surface area contributed by atoms with E-state index in [2.05, 4.69) is 17.1 Å². The maximum Gasteiger partial charge on any atom is 0.0795 e. The lowest BCUT2D eigenvalue weighted by Gasteiger charge is -2.40. The lowest BCUT2D eigenvalue weighted by Crippen LogP contribution is -2.51. The van der Waals surface area contributed by atoms with Crippen LogP contribution in [-0.4, -0.2) is 49.0 Å². The van der Waals surface area contributed by atoms with Gasteiger partial charge in [0.05, 0.1) is 12.2 Å². The number of ether oxygens (including phenoxy) is 2. The smallest absolute Gasteiger partial charge is 0.0795 e. The average Bonchev–Trinajstić information content (AvgIpc) is 2.79. The fourth-order valence-electron chi connectivity index (χ4n) is 3.24. The minimum Gasteiger partial charge on any atom is -0.380 e. The van der Waals surface area contributed by atoms with E-state index in [0.29, 0.717) is 12.1 Å².